The summed E-state index contributed by atoms with van der Waals surface area (Å²) in [5, 5.41) is 1.06. The number of hydrogen-bond acceptors (Lipinski definition) is 3. The summed E-state index contributed by atoms with van der Waals surface area (Å²) in [5.74, 6) is 0.335. The Morgan fingerprint density at radius 3 is 3.00 bits per heavy atom. The van der Waals surface area contributed by atoms with Crippen molar-refractivity contribution < 1.29 is 9.21 Å². The molecule has 2 aromatic rings. The molecule has 84 valence electrons. The SMILES string of the molecule is CC[C@H](C)C(=O)c1cc2c(Cl)nccc2o1. The average molecular weight is 238 g/mol. The molecule has 0 aliphatic carbocycles. The Balaban J connectivity index is 2.48. The van der Waals surface area contributed by atoms with Gasteiger partial charge in [0.25, 0.3) is 0 Å². The van der Waals surface area contributed by atoms with Crippen LogP contribution in [0.3, 0.4) is 0 Å². The van der Waals surface area contributed by atoms with Gasteiger partial charge >= 0.3 is 0 Å². The summed E-state index contributed by atoms with van der Waals surface area (Å²) < 4.78 is 5.46. The van der Waals surface area contributed by atoms with Crippen molar-refractivity contribution in [3.63, 3.8) is 0 Å². The third-order valence-corrected chi connectivity index (χ3v) is 3.00. The molecule has 0 N–H and O–H groups in total. The number of rotatable bonds is 3. The van der Waals surface area contributed by atoms with Gasteiger partial charge in [0, 0.05) is 12.1 Å². The summed E-state index contributed by atoms with van der Waals surface area (Å²) >= 11 is 5.91. The number of Topliss-reactive ketones (excluding diaryl/α,β-unsaturated/α-hetero) is 1. The van der Waals surface area contributed by atoms with Crippen LogP contribution in [0.4, 0.5) is 0 Å². The number of carbonyl (C=O) groups is 1. The van der Waals surface area contributed by atoms with E-state index in [4.69, 9.17) is 16.0 Å². The van der Waals surface area contributed by atoms with E-state index in [0.29, 0.717) is 21.9 Å². The minimum absolute atomic E-state index is 0.00904. The van der Waals surface area contributed by atoms with Gasteiger partial charge in [-0.2, -0.15) is 0 Å². The summed E-state index contributed by atoms with van der Waals surface area (Å²) in [7, 11) is 0. The molecule has 2 heterocycles. The van der Waals surface area contributed by atoms with Crippen LogP contribution in [0.15, 0.2) is 22.7 Å². The van der Waals surface area contributed by atoms with Gasteiger partial charge in [-0.25, -0.2) is 4.98 Å². The number of hydrogen-bond donors (Lipinski definition) is 0. The van der Waals surface area contributed by atoms with Gasteiger partial charge in [-0.1, -0.05) is 25.4 Å². The molecule has 0 unspecified atom stereocenters. The highest BCUT2D eigenvalue weighted by molar-refractivity contribution is 6.34. The predicted molar refractivity (Wildman–Crippen MR) is 62.8 cm³/mol. The normalized spacial score (nSPS) is 12.9. The number of fused-ring (bicyclic) bond motifs is 1. The number of ketones is 1. The lowest BCUT2D eigenvalue weighted by molar-refractivity contribution is 0.0901. The lowest BCUT2D eigenvalue weighted by Gasteiger charge is -2.02. The monoisotopic (exact) mass is 237 g/mol. The van der Waals surface area contributed by atoms with E-state index in [2.05, 4.69) is 4.98 Å². The third-order valence-electron chi connectivity index (χ3n) is 2.70. The van der Waals surface area contributed by atoms with Gasteiger partial charge in [0.15, 0.2) is 5.76 Å². The van der Waals surface area contributed by atoms with Crippen LogP contribution in [0.5, 0.6) is 0 Å². The fourth-order valence-electron chi connectivity index (χ4n) is 1.48. The Labute approximate surface area is 98.4 Å². The number of pyridine rings is 1. The van der Waals surface area contributed by atoms with Crippen LogP contribution in [0.1, 0.15) is 30.8 Å². The summed E-state index contributed by atoms with van der Waals surface area (Å²) in [6.07, 6.45) is 2.35. The summed E-state index contributed by atoms with van der Waals surface area (Å²) in [4.78, 5) is 15.8. The Morgan fingerprint density at radius 1 is 1.62 bits per heavy atom. The fraction of sp³-hybridized carbons (Fsp3) is 0.333. The molecule has 3 nitrogen and oxygen atoms in total. The van der Waals surface area contributed by atoms with Gasteiger partial charge < -0.3 is 4.42 Å². The van der Waals surface area contributed by atoms with Crippen molar-refractivity contribution in [1.82, 2.24) is 4.98 Å². The zero-order valence-corrected chi connectivity index (χ0v) is 9.91. The lowest BCUT2D eigenvalue weighted by Crippen LogP contribution is -2.08. The van der Waals surface area contributed by atoms with Crippen molar-refractivity contribution in [2.24, 2.45) is 5.92 Å². The maximum Gasteiger partial charge on any atom is 0.200 e. The second kappa shape index (κ2) is 4.26. The first-order valence-corrected chi connectivity index (χ1v) is 5.59. The number of carbonyl (C=O) groups excluding carboxylic acids is 1. The van der Waals surface area contributed by atoms with Crippen molar-refractivity contribution in [2.75, 3.05) is 0 Å². The maximum absolute atomic E-state index is 11.9. The highest BCUT2D eigenvalue weighted by Gasteiger charge is 2.18. The molecule has 0 bridgehead atoms. The Bertz CT molecular complexity index is 533. The van der Waals surface area contributed by atoms with Crippen LogP contribution in [0, 0.1) is 5.92 Å². The molecule has 1 atom stereocenters. The van der Waals surface area contributed by atoms with Crippen molar-refractivity contribution >= 4 is 28.4 Å². The minimum Gasteiger partial charge on any atom is -0.453 e. The van der Waals surface area contributed by atoms with Gasteiger partial charge in [-0.3, -0.25) is 4.79 Å². The van der Waals surface area contributed by atoms with E-state index in [-0.39, 0.29) is 11.7 Å². The molecule has 16 heavy (non-hydrogen) atoms. The van der Waals surface area contributed by atoms with Crippen LogP contribution in [0.2, 0.25) is 5.15 Å². The average Bonchev–Trinajstić information content (AvgIpc) is 2.72. The quantitative estimate of drug-likeness (QED) is 0.604. The van der Waals surface area contributed by atoms with E-state index in [1.165, 1.54) is 0 Å². The van der Waals surface area contributed by atoms with Crippen molar-refractivity contribution in [1.29, 1.82) is 0 Å². The summed E-state index contributed by atoms with van der Waals surface area (Å²) in [6.45, 7) is 3.86. The lowest BCUT2D eigenvalue weighted by atomic mass is 10.0. The molecular formula is C12H12ClNO2. The van der Waals surface area contributed by atoms with E-state index < -0.39 is 0 Å². The molecule has 0 saturated heterocycles. The number of furan rings is 1. The number of aromatic nitrogens is 1. The molecule has 0 fully saturated rings. The molecule has 0 spiro atoms. The van der Waals surface area contributed by atoms with Gasteiger partial charge in [-0.05, 0) is 18.6 Å². The van der Waals surface area contributed by atoms with Crippen LogP contribution in [-0.4, -0.2) is 10.8 Å². The number of halogens is 1. The molecule has 0 amide bonds. The molecule has 0 saturated carbocycles. The summed E-state index contributed by atoms with van der Waals surface area (Å²) in [6, 6.07) is 3.37. The molecule has 2 aromatic heterocycles. The zero-order valence-electron chi connectivity index (χ0n) is 9.16. The van der Waals surface area contributed by atoms with E-state index in [1.54, 1.807) is 18.3 Å². The highest BCUT2D eigenvalue weighted by Crippen LogP contribution is 2.26. The topological polar surface area (TPSA) is 43.1 Å². The van der Waals surface area contributed by atoms with E-state index in [9.17, 15) is 4.79 Å². The fourth-order valence-corrected chi connectivity index (χ4v) is 1.68. The molecule has 2 rings (SSSR count). The largest absolute Gasteiger partial charge is 0.453 e. The van der Waals surface area contributed by atoms with Crippen molar-refractivity contribution in [2.45, 2.75) is 20.3 Å². The second-order valence-electron chi connectivity index (χ2n) is 3.80. The Kier molecular flexibility index (Phi) is 2.97. The van der Waals surface area contributed by atoms with Crippen molar-refractivity contribution in [3.8, 4) is 0 Å². The molecule has 0 aromatic carbocycles. The predicted octanol–water partition coefficient (Wildman–Crippen LogP) is 3.71. The van der Waals surface area contributed by atoms with Crippen LogP contribution < -0.4 is 0 Å². The first-order valence-electron chi connectivity index (χ1n) is 5.21. The first kappa shape index (κ1) is 11.1. The Hall–Kier alpha value is -1.35. The van der Waals surface area contributed by atoms with Gasteiger partial charge in [-0.15, -0.1) is 0 Å². The molecule has 4 heteroatoms. The molecule has 0 aliphatic rings. The first-order chi connectivity index (χ1) is 7.63. The minimum atomic E-state index is -0.0349. The third kappa shape index (κ3) is 1.83. The number of nitrogens with zero attached hydrogens (tertiary/aromatic N) is 1. The van der Waals surface area contributed by atoms with E-state index in [0.717, 1.165) is 6.42 Å². The summed E-state index contributed by atoms with van der Waals surface area (Å²) in [5.41, 5.74) is 0.603. The van der Waals surface area contributed by atoms with Crippen LogP contribution >= 0.6 is 11.6 Å². The van der Waals surface area contributed by atoms with Crippen LogP contribution in [0.25, 0.3) is 11.0 Å². The maximum atomic E-state index is 11.9. The van der Waals surface area contributed by atoms with E-state index >= 15 is 0 Å². The van der Waals surface area contributed by atoms with Gasteiger partial charge in [0.1, 0.15) is 10.7 Å². The van der Waals surface area contributed by atoms with Gasteiger partial charge in [0.2, 0.25) is 5.78 Å². The molecular weight excluding hydrogens is 226 g/mol. The van der Waals surface area contributed by atoms with Crippen molar-refractivity contribution in [3.05, 3.63) is 29.2 Å². The smallest absolute Gasteiger partial charge is 0.200 e. The van der Waals surface area contributed by atoms with Gasteiger partial charge in [0.05, 0.1) is 5.39 Å². The molecule has 0 radical (unpaired) electrons. The zero-order chi connectivity index (χ0) is 11.7. The van der Waals surface area contributed by atoms with E-state index in [1.807, 2.05) is 13.8 Å². The molecule has 0 aliphatic heterocycles. The van der Waals surface area contributed by atoms with Crippen LogP contribution in [-0.2, 0) is 0 Å². The standard InChI is InChI=1S/C12H12ClNO2/c1-3-7(2)11(15)10-6-8-9(16-10)4-5-14-12(8)13/h4-7H,3H2,1-2H3/t7-/m0/s1. The Morgan fingerprint density at radius 2 is 2.38 bits per heavy atom. The second-order valence-corrected chi connectivity index (χ2v) is 4.16. The highest BCUT2D eigenvalue weighted by atomic mass is 35.5.